The number of amides is 1. The van der Waals surface area contributed by atoms with Crippen LogP contribution < -0.4 is 14.8 Å². The first kappa shape index (κ1) is 19.0. The average molecular weight is 451 g/mol. The Morgan fingerprint density at radius 2 is 1.85 bits per heavy atom. The fraction of sp³-hybridized carbons (Fsp3) is 0.0556. The van der Waals surface area contributed by atoms with Gasteiger partial charge in [0.2, 0.25) is 0 Å². The van der Waals surface area contributed by atoms with Crippen LogP contribution in [0, 0.1) is 0 Å². The van der Waals surface area contributed by atoms with Gasteiger partial charge in [0.1, 0.15) is 5.75 Å². The lowest BCUT2D eigenvalue weighted by atomic mass is 10.3. The van der Waals surface area contributed by atoms with Crippen molar-refractivity contribution < 1.29 is 22.4 Å². The number of carbonyl (C=O) groups excluding carboxylic acids is 1. The maximum atomic E-state index is 12.7. The number of hydrogen-bond acceptors (Lipinski definition) is 5. The van der Waals surface area contributed by atoms with E-state index in [1.165, 1.54) is 31.4 Å². The number of hydrogen-bond donors (Lipinski definition) is 2. The fourth-order valence-corrected chi connectivity index (χ4v) is 3.73. The molecule has 2 N–H and O–H groups in total. The number of rotatable bonds is 6. The molecule has 1 aromatic heterocycles. The van der Waals surface area contributed by atoms with E-state index in [2.05, 4.69) is 26.0 Å². The van der Waals surface area contributed by atoms with Crippen LogP contribution in [0.5, 0.6) is 5.75 Å². The Bertz CT molecular complexity index is 1080. The molecule has 0 saturated heterocycles. The topological polar surface area (TPSA) is 97.6 Å². The van der Waals surface area contributed by atoms with Crippen molar-refractivity contribution in [1.29, 1.82) is 0 Å². The number of methoxy groups -OCH3 is 1. The summed E-state index contributed by atoms with van der Waals surface area (Å²) in [5.74, 6) is 0.00384. The zero-order valence-corrected chi connectivity index (χ0v) is 16.5. The summed E-state index contributed by atoms with van der Waals surface area (Å²) >= 11 is 3.12. The highest BCUT2D eigenvalue weighted by molar-refractivity contribution is 9.10. The number of carbonyl (C=O) groups is 1. The molecule has 0 radical (unpaired) electrons. The Morgan fingerprint density at radius 3 is 2.56 bits per heavy atom. The Kier molecular flexibility index (Phi) is 5.52. The normalized spacial score (nSPS) is 11.0. The number of halogens is 1. The Hall–Kier alpha value is -2.78. The van der Waals surface area contributed by atoms with Gasteiger partial charge in [0, 0.05) is 5.69 Å². The summed E-state index contributed by atoms with van der Waals surface area (Å²) in [6, 6.07) is 15.7. The van der Waals surface area contributed by atoms with E-state index in [1.54, 1.807) is 36.4 Å². The molecule has 3 aromatic rings. The van der Waals surface area contributed by atoms with Gasteiger partial charge in [-0.3, -0.25) is 9.52 Å². The van der Waals surface area contributed by atoms with Crippen molar-refractivity contribution in [3.8, 4) is 5.75 Å². The van der Waals surface area contributed by atoms with Gasteiger partial charge < -0.3 is 14.5 Å². The minimum atomic E-state index is -3.88. The lowest BCUT2D eigenvalue weighted by Crippen LogP contribution is -2.15. The maximum Gasteiger partial charge on any atom is 0.291 e. The zero-order valence-electron chi connectivity index (χ0n) is 14.1. The van der Waals surface area contributed by atoms with Crippen LogP contribution in [-0.2, 0) is 10.0 Å². The van der Waals surface area contributed by atoms with Crippen LogP contribution in [0.1, 0.15) is 10.6 Å². The largest absolute Gasteiger partial charge is 0.495 e. The van der Waals surface area contributed by atoms with E-state index in [0.717, 1.165) is 0 Å². The number of nitrogens with one attached hydrogen (secondary N) is 2. The van der Waals surface area contributed by atoms with Crippen molar-refractivity contribution in [3.05, 3.63) is 71.1 Å². The van der Waals surface area contributed by atoms with Crippen molar-refractivity contribution in [2.45, 2.75) is 4.90 Å². The quantitative estimate of drug-likeness (QED) is 0.588. The van der Waals surface area contributed by atoms with Gasteiger partial charge in [0.15, 0.2) is 10.4 Å². The zero-order chi connectivity index (χ0) is 19.4. The first-order valence-electron chi connectivity index (χ1n) is 7.71. The highest BCUT2D eigenvalue weighted by atomic mass is 79.9. The summed E-state index contributed by atoms with van der Waals surface area (Å²) in [5.41, 5.74) is 0.630. The minimum absolute atomic E-state index is 0.00756. The van der Waals surface area contributed by atoms with Gasteiger partial charge in [-0.05, 0) is 58.4 Å². The second-order valence-electron chi connectivity index (χ2n) is 5.39. The van der Waals surface area contributed by atoms with Gasteiger partial charge in [0.05, 0.1) is 17.7 Å². The van der Waals surface area contributed by atoms with E-state index < -0.39 is 15.9 Å². The first-order chi connectivity index (χ1) is 12.9. The number of benzene rings is 2. The molecule has 0 aliphatic heterocycles. The van der Waals surface area contributed by atoms with E-state index in [-0.39, 0.29) is 10.7 Å². The predicted molar refractivity (Wildman–Crippen MR) is 105 cm³/mol. The van der Waals surface area contributed by atoms with Crippen LogP contribution in [0.4, 0.5) is 11.4 Å². The lowest BCUT2D eigenvalue weighted by Gasteiger charge is -2.12. The molecule has 7 nitrogen and oxygen atoms in total. The molecule has 1 heterocycles. The third-order valence-corrected chi connectivity index (χ3v) is 5.34. The smallest absolute Gasteiger partial charge is 0.291 e. The second kappa shape index (κ2) is 7.85. The van der Waals surface area contributed by atoms with Crippen LogP contribution in [0.3, 0.4) is 0 Å². The molecule has 27 heavy (non-hydrogen) atoms. The Morgan fingerprint density at radius 1 is 1.07 bits per heavy atom. The molecule has 0 bridgehead atoms. The highest BCUT2D eigenvalue weighted by Gasteiger charge is 2.18. The van der Waals surface area contributed by atoms with Crippen molar-refractivity contribution in [1.82, 2.24) is 0 Å². The maximum absolute atomic E-state index is 12.7. The number of para-hydroxylation sites is 2. The Balaban J connectivity index is 1.82. The van der Waals surface area contributed by atoms with Crippen molar-refractivity contribution in [3.63, 3.8) is 0 Å². The monoisotopic (exact) mass is 450 g/mol. The second-order valence-corrected chi connectivity index (χ2v) is 7.86. The fourth-order valence-electron chi connectivity index (χ4n) is 2.30. The van der Waals surface area contributed by atoms with Crippen LogP contribution in [-0.4, -0.2) is 21.4 Å². The van der Waals surface area contributed by atoms with Gasteiger partial charge in [-0.2, -0.15) is 0 Å². The molecular formula is C18H15BrN2O5S. The van der Waals surface area contributed by atoms with Gasteiger partial charge in [-0.15, -0.1) is 0 Å². The number of ether oxygens (including phenoxy) is 1. The summed E-state index contributed by atoms with van der Waals surface area (Å²) in [5, 5.41) is 2.60. The third-order valence-electron chi connectivity index (χ3n) is 3.55. The summed E-state index contributed by atoms with van der Waals surface area (Å²) in [6.07, 6.45) is 0. The minimum Gasteiger partial charge on any atom is -0.495 e. The van der Waals surface area contributed by atoms with E-state index >= 15 is 0 Å². The summed E-state index contributed by atoms with van der Waals surface area (Å²) in [6.45, 7) is 0. The van der Waals surface area contributed by atoms with Crippen LogP contribution in [0.15, 0.2) is 74.6 Å². The molecule has 0 saturated carbocycles. The molecule has 140 valence electrons. The molecule has 9 heteroatoms. The molecule has 0 unspecified atom stereocenters. The predicted octanol–water partition coefficient (Wildman–Crippen LogP) is 4.10. The number of anilines is 2. The van der Waals surface area contributed by atoms with E-state index in [4.69, 9.17) is 9.15 Å². The van der Waals surface area contributed by atoms with Gasteiger partial charge in [-0.25, -0.2) is 8.42 Å². The van der Waals surface area contributed by atoms with E-state index in [1.807, 2.05) is 0 Å². The summed E-state index contributed by atoms with van der Waals surface area (Å²) in [4.78, 5) is 12.1. The third kappa shape index (κ3) is 4.50. The van der Waals surface area contributed by atoms with Crippen molar-refractivity contribution >= 4 is 43.2 Å². The van der Waals surface area contributed by atoms with Crippen molar-refractivity contribution in [2.75, 3.05) is 17.1 Å². The average Bonchev–Trinajstić information content (AvgIpc) is 3.09. The molecule has 1 amide bonds. The van der Waals surface area contributed by atoms with Gasteiger partial charge >= 0.3 is 0 Å². The van der Waals surface area contributed by atoms with Crippen LogP contribution in [0.2, 0.25) is 0 Å². The summed E-state index contributed by atoms with van der Waals surface area (Å²) < 4.78 is 38.6. The molecule has 0 atom stereocenters. The number of sulfonamides is 1. The molecule has 3 rings (SSSR count). The van der Waals surface area contributed by atoms with Crippen LogP contribution >= 0.6 is 15.9 Å². The molecule has 0 aliphatic rings. The Labute approximate surface area is 164 Å². The van der Waals surface area contributed by atoms with Crippen molar-refractivity contribution in [2.24, 2.45) is 0 Å². The van der Waals surface area contributed by atoms with E-state index in [9.17, 15) is 13.2 Å². The molecule has 0 spiro atoms. The van der Waals surface area contributed by atoms with E-state index in [0.29, 0.717) is 21.8 Å². The standard InChI is InChI=1S/C18H15BrN2O5S/c1-25-15-8-3-2-7-14(15)21-27(23,24)13-6-4-5-12(11-13)20-18(22)16-9-10-17(19)26-16/h2-11,21H,1H3,(H,20,22). The molecular weight excluding hydrogens is 436 g/mol. The summed E-state index contributed by atoms with van der Waals surface area (Å²) in [7, 11) is -2.42. The van der Waals surface area contributed by atoms with Gasteiger partial charge in [0.25, 0.3) is 15.9 Å². The van der Waals surface area contributed by atoms with Crippen LogP contribution in [0.25, 0.3) is 0 Å². The highest BCUT2D eigenvalue weighted by Crippen LogP contribution is 2.27. The first-order valence-corrected chi connectivity index (χ1v) is 9.99. The SMILES string of the molecule is COc1ccccc1NS(=O)(=O)c1cccc(NC(=O)c2ccc(Br)o2)c1. The molecule has 0 aliphatic carbocycles. The lowest BCUT2D eigenvalue weighted by molar-refractivity contribution is 0.0995. The number of furan rings is 1. The molecule has 2 aromatic carbocycles. The van der Waals surface area contributed by atoms with Gasteiger partial charge in [-0.1, -0.05) is 18.2 Å². The molecule has 0 fully saturated rings.